The molecular formula is C15H16N2. The van der Waals surface area contributed by atoms with Crippen molar-refractivity contribution in [1.29, 1.82) is 0 Å². The van der Waals surface area contributed by atoms with Crippen molar-refractivity contribution in [3.63, 3.8) is 0 Å². The maximum Gasteiger partial charge on any atom is 0.0530 e. The summed E-state index contributed by atoms with van der Waals surface area (Å²) in [5.74, 6) is 0. The van der Waals surface area contributed by atoms with Crippen LogP contribution in [0.1, 0.15) is 33.8 Å². The molecule has 0 fully saturated rings. The first-order chi connectivity index (χ1) is 8.08. The van der Waals surface area contributed by atoms with Gasteiger partial charge in [-0.15, -0.1) is 0 Å². The van der Waals surface area contributed by atoms with Crippen molar-refractivity contribution in [1.82, 2.24) is 9.97 Å². The van der Waals surface area contributed by atoms with Gasteiger partial charge in [-0.1, -0.05) is 0 Å². The minimum atomic E-state index is 0.930. The zero-order chi connectivity index (χ0) is 12.2. The van der Waals surface area contributed by atoms with Crippen molar-refractivity contribution >= 4 is 0 Å². The molecule has 0 amide bonds. The number of hydrogen-bond donors (Lipinski definition) is 0. The Morgan fingerprint density at radius 1 is 1.06 bits per heavy atom. The summed E-state index contributed by atoms with van der Waals surface area (Å²) in [4.78, 5) is 9.16. The van der Waals surface area contributed by atoms with E-state index < -0.39 is 0 Å². The highest BCUT2D eigenvalue weighted by Crippen LogP contribution is 2.38. The molecule has 2 heteroatoms. The molecule has 0 N–H and O–H groups in total. The molecule has 0 aliphatic heterocycles. The average Bonchev–Trinajstić information content (AvgIpc) is 2.63. The quantitative estimate of drug-likeness (QED) is 0.585. The van der Waals surface area contributed by atoms with E-state index in [1.165, 1.54) is 33.5 Å². The lowest BCUT2D eigenvalue weighted by Gasteiger charge is -2.08. The van der Waals surface area contributed by atoms with Crippen molar-refractivity contribution in [2.45, 2.75) is 34.1 Å². The zero-order valence-electron chi connectivity index (χ0n) is 10.8. The van der Waals surface area contributed by atoms with Gasteiger partial charge in [-0.05, 0) is 56.0 Å². The van der Waals surface area contributed by atoms with Gasteiger partial charge in [0.25, 0.3) is 0 Å². The number of hydrogen-bond acceptors (Lipinski definition) is 2. The van der Waals surface area contributed by atoms with E-state index >= 15 is 0 Å². The van der Waals surface area contributed by atoms with Crippen molar-refractivity contribution in [2.24, 2.45) is 0 Å². The van der Waals surface area contributed by atoms with E-state index in [4.69, 9.17) is 4.98 Å². The lowest BCUT2D eigenvalue weighted by atomic mass is 10.0. The first-order valence-corrected chi connectivity index (χ1v) is 6.00. The summed E-state index contributed by atoms with van der Waals surface area (Å²) in [7, 11) is 0. The van der Waals surface area contributed by atoms with Crippen molar-refractivity contribution in [3.8, 4) is 11.1 Å². The molecule has 2 aromatic rings. The molecule has 3 rings (SSSR count). The third-order valence-corrected chi connectivity index (χ3v) is 3.83. The largest absolute Gasteiger partial charge is 0.261 e. The van der Waals surface area contributed by atoms with E-state index in [1.54, 1.807) is 0 Å². The molecule has 0 aromatic carbocycles. The minimum absolute atomic E-state index is 0.930. The van der Waals surface area contributed by atoms with Crippen molar-refractivity contribution in [3.05, 3.63) is 46.0 Å². The molecule has 0 radical (unpaired) electrons. The van der Waals surface area contributed by atoms with Gasteiger partial charge in [0.15, 0.2) is 0 Å². The molecule has 0 spiro atoms. The topological polar surface area (TPSA) is 25.8 Å². The number of aryl methyl sites for hydroxylation is 3. The SMILES string of the molecule is Cc1cc2c(nc1C)Cc1cnc(C)c(C)c1-2. The van der Waals surface area contributed by atoms with E-state index in [2.05, 4.69) is 38.7 Å². The van der Waals surface area contributed by atoms with Crippen LogP contribution in [0.4, 0.5) is 0 Å². The standard InChI is InChI=1S/C15H16N2/c1-8-5-13-14(17-10(8)3)6-12-7-16-11(4)9(2)15(12)13/h5,7H,6H2,1-4H3. The van der Waals surface area contributed by atoms with Gasteiger partial charge in [0.05, 0.1) is 5.69 Å². The Bertz CT molecular complexity index is 627. The van der Waals surface area contributed by atoms with Crippen LogP contribution in [0, 0.1) is 27.7 Å². The van der Waals surface area contributed by atoms with Gasteiger partial charge >= 0.3 is 0 Å². The summed E-state index contributed by atoms with van der Waals surface area (Å²) in [6.07, 6.45) is 2.93. The highest BCUT2D eigenvalue weighted by Gasteiger charge is 2.23. The second-order valence-corrected chi connectivity index (χ2v) is 4.93. The van der Waals surface area contributed by atoms with E-state index in [0.29, 0.717) is 0 Å². The van der Waals surface area contributed by atoms with Crippen LogP contribution in [0.2, 0.25) is 0 Å². The molecule has 0 bridgehead atoms. The number of nitrogens with zero attached hydrogens (tertiary/aromatic N) is 2. The van der Waals surface area contributed by atoms with Gasteiger partial charge in [-0.3, -0.25) is 9.97 Å². The third kappa shape index (κ3) is 1.40. The first-order valence-electron chi connectivity index (χ1n) is 6.00. The van der Waals surface area contributed by atoms with E-state index in [9.17, 15) is 0 Å². The van der Waals surface area contributed by atoms with Crippen LogP contribution in [-0.4, -0.2) is 9.97 Å². The molecule has 0 saturated carbocycles. The minimum Gasteiger partial charge on any atom is -0.261 e. The average molecular weight is 224 g/mol. The number of aromatic nitrogens is 2. The lowest BCUT2D eigenvalue weighted by molar-refractivity contribution is 1.04. The highest BCUT2D eigenvalue weighted by molar-refractivity contribution is 5.78. The summed E-state index contributed by atoms with van der Waals surface area (Å²) in [5, 5.41) is 0. The maximum absolute atomic E-state index is 4.71. The van der Waals surface area contributed by atoms with Crippen LogP contribution in [0.15, 0.2) is 12.3 Å². The van der Waals surface area contributed by atoms with Gasteiger partial charge in [0, 0.05) is 29.6 Å². The highest BCUT2D eigenvalue weighted by atomic mass is 14.7. The van der Waals surface area contributed by atoms with Gasteiger partial charge in [0.2, 0.25) is 0 Å². The molecule has 2 aromatic heterocycles. The van der Waals surface area contributed by atoms with Gasteiger partial charge in [-0.2, -0.15) is 0 Å². The van der Waals surface area contributed by atoms with Crippen LogP contribution in [-0.2, 0) is 6.42 Å². The van der Waals surface area contributed by atoms with Gasteiger partial charge in [0.1, 0.15) is 0 Å². The predicted molar refractivity (Wildman–Crippen MR) is 69.2 cm³/mol. The van der Waals surface area contributed by atoms with Crippen LogP contribution >= 0.6 is 0 Å². The Morgan fingerprint density at radius 3 is 2.59 bits per heavy atom. The van der Waals surface area contributed by atoms with Gasteiger partial charge in [-0.25, -0.2) is 0 Å². The Morgan fingerprint density at radius 2 is 1.82 bits per heavy atom. The molecule has 2 nitrogen and oxygen atoms in total. The molecule has 1 aliphatic carbocycles. The molecule has 2 heterocycles. The number of pyridine rings is 2. The number of rotatable bonds is 0. The molecule has 1 aliphatic rings. The zero-order valence-corrected chi connectivity index (χ0v) is 10.8. The molecule has 86 valence electrons. The summed E-state index contributed by atoms with van der Waals surface area (Å²) < 4.78 is 0. The number of fused-ring (bicyclic) bond motifs is 3. The smallest absolute Gasteiger partial charge is 0.0530 e. The van der Waals surface area contributed by atoms with E-state index in [0.717, 1.165) is 17.8 Å². The first kappa shape index (κ1) is 10.5. The normalized spacial score (nSPS) is 12.5. The maximum atomic E-state index is 4.71. The predicted octanol–water partition coefficient (Wildman–Crippen LogP) is 3.28. The monoisotopic (exact) mass is 224 g/mol. The van der Waals surface area contributed by atoms with Crippen LogP contribution in [0.3, 0.4) is 0 Å². The van der Waals surface area contributed by atoms with Crippen molar-refractivity contribution < 1.29 is 0 Å². The Labute approximate surface area is 102 Å². The Balaban J connectivity index is 2.33. The van der Waals surface area contributed by atoms with Gasteiger partial charge < -0.3 is 0 Å². The fourth-order valence-corrected chi connectivity index (χ4v) is 2.55. The van der Waals surface area contributed by atoms with Crippen molar-refractivity contribution in [2.75, 3.05) is 0 Å². The summed E-state index contributed by atoms with van der Waals surface area (Å²) in [5.41, 5.74) is 10.0. The lowest BCUT2D eigenvalue weighted by Crippen LogP contribution is -1.93. The second kappa shape index (κ2) is 3.39. The molecule has 0 atom stereocenters. The summed E-state index contributed by atoms with van der Waals surface area (Å²) in [6.45, 7) is 8.44. The fraction of sp³-hybridized carbons (Fsp3) is 0.333. The Kier molecular flexibility index (Phi) is 2.09. The third-order valence-electron chi connectivity index (χ3n) is 3.83. The summed E-state index contributed by atoms with van der Waals surface area (Å²) in [6, 6.07) is 2.27. The van der Waals surface area contributed by atoms with Crippen LogP contribution in [0.25, 0.3) is 11.1 Å². The van der Waals surface area contributed by atoms with E-state index in [-0.39, 0.29) is 0 Å². The van der Waals surface area contributed by atoms with Crippen LogP contribution < -0.4 is 0 Å². The molecule has 0 saturated heterocycles. The summed E-state index contributed by atoms with van der Waals surface area (Å²) >= 11 is 0. The fourth-order valence-electron chi connectivity index (χ4n) is 2.55. The van der Waals surface area contributed by atoms with Crippen LogP contribution in [0.5, 0.6) is 0 Å². The molecule has 17 heavy (non-hydrogen) atoms. The Hall–Kier alpha value is -1.70. The molecular weight excluding hydrogens is 208 g/mol. The second-order valence-electron chi connectivity index (χ2n) is 4.93. The molecule has 0 unspecified atom stereocenters. The van der Waals surface area contributed by atoms with E-state index in [1.807, 2.05) is 6.20 Å².